The lowest BCUT2D eigenvalue weighted by atomic mass is 10.1. The Morgan fingerprint density at radius 2 is 1.65 bits per heavy atom. The summed E-state index contributed by atoms with van der Waals surface area (Å²) in [5.74, 6) is -0.281. The molecule has 5 nitrogen and oxygen atoms in total. The van der Waals surface area contributed by atoms with Crippen molar-refractivity contribution in [3.8, 4) is 0 Å². The molecule has 1 amide bonds. The largest absolute Gasteiger partial charge is 0.350 e. The molecule has 3 rings (SSSR count). The number of carbonyl (C=O) groups is 1. The van der Waals surface area contributed by atoms with E-state index < -0.39 is 10.0 Å². The van der Waals surface area contributed by atoms with Gasteiger partial charge in [0.15, 0.2) is 0 Å². The maximum Gasteiger partial charge on any atom is 0.264 e. The Morgan fingerprint density at radius 1 is 0.968 bits per heavy atom. The minimum absolute atomic E-state index is 0.0392. The number of nitrogens with one attached hydrogen (secondary N) is 1. The van der Waals surface area contributed by atoms with Gasteiger partial charge in [0.25, 0.3) is 15.9 Å². The van der Waals surface area contributed by atoms with Crippen LogP contribution in [0.5, 0.6) is 0 Å². The van der Waals surface area contributed by atoms with Crippen LogP contribution in [-0.2, 0) is 16.4 Å². The predicted molar refractivity (Wildman–Crippen MR) is 125 cm³/mol. The van der Waals surface area contributed by atoms with E-state index in [9.17, 15) is 13.2 Å². The van der Waals surface area contributed by atoms with Gasteiger partial charge >= 0.3 is 0 Å². The number of anilines is 1. The van der Waals surface area contributed by atoms with Gasteiger partial charge in [0.05, 0.1) is 10.6 Å². The number of nitrogens with zero attached hydrogens (tertiary/aromatic N) is 1. The Labute approximate surface area is 184 Å². The van der Waals surface area contributed by atoms with Crippen LogP contribution < -0.4 is 9.62 Å². The van der Waals surface area contributed by atoms with E-state index in [4.69, 9.17) is 0 Å². The standard InChI is InChI=1S/C25H28N2O3S/c1-19-10-7-8-15-24(19)27(3)31(29,30)23-14-9-13-22(18-23)25(28)26-20(2)16-17-21-11-5-4-6-12-21/h4-15,18,20H,16-17H2,1-3H3,(H,26,28). The maximum absolute atomic E-state index is 13.1. The molecule has 0 aliphatic heterocycles. The average molecular weight is 437 g/mol. The van der Waals surface area contributed by atoms with Crippen LogP contribution in [0.15, 0.2) is 83.8 Å². The lowest BCUT2D eigenvalue weighted by molar-refractivity contribution is 0.0938. The van der Waals surface area contributed by atoms with Crippen LogP contribution in [0, 0.1) is 6.92 Å². The minimum atomic E-state index is -3.79. The summed E-state index contributed by atoms with van der Waals surface area (Å²) in [4.78, 5) is 12.8. The van der Waals surface area contributed by atoms with Crippen molar-refractivity contribution in [3.05, 3.63) is 95.6 Å². The summed E-state index contributed by atoms with van der Waals surface area (Å²) in [7, 11) is -2.27. The van der Waals surface area contributed by atoms with Gasteiger partial charge in [0, 0.05) is 18.7 Å². The highest BCUT2D eigenvalue weighted by molar-refractivity contribution is 7.92. The van der Waals surface area contributed by atoms with Gasteiger partial charge in [0.1, 0.15) is 0 Å². The van der Waals surface area contributed by atoms with E-state index in [1.54, 1.807) is 24.3 Å². The number of amides is 1. The quantitative estimate of drug-likeness (QED) is 0.562. The van der Waals surface area contributed by atoms with Crippen LogP contribution in [0.3, 0.4) is 0 Å². The van der Waals surface area contributed by atoms with E-state index in [0.717, 1.165) is 18.4 Å². The molecule has 0 bridgehead atoms. The molecule has 1 atom stereocenters. The summed E-state index contributed by atoms with van der Waals surface area (Å²) >= 11 is 0. The lowest BCUT2D eigenvalue weighted by Crippen LogP contribution is -2.33. The molecule has 0 radical (unpaired) electrons. The highest BCUT2D eigenvalue weighted by Gasteiger charge is 2.23. The smallest absolute Gasteiger partial charge is 0.264 e. The molecular weight excluding hydrogens is 408 g/mol. The van der Waals surface area contributed by atoms with Crippen molar-refractivity contribution in [3.63, 3.8) is 0 Å². The summed E-state index contributed by atoms with van der Waals surface area (Å²) in [6.45, 7) is 3.81. The third kappa shape index (κ3) is 5.52. The van der Waals surface area contributed by atoms with Gasteiger partial charge in [-0.2, -0.15) is 0 Å². The second-order valence-corrected chi connectivity index (χ2v) is 9.65. The number of sulfonamides is 1. The number of hydrogen-bond acceptors (Lipinski definition) is 3. The maximum atomic E-state index is 13.1. The zero-order valence-corrected chi connectivity index (χ0v) is 18.9. The second-order valence-electron chi connectivity index (χ2n) is 7.69. The lowest BCUT2D eigenvalue weighted by Gasteiger charge is -2.21. The van der Waals surface area contributed by atoms with Crippen molar-refractivity contribution in [1.82, 2.24) is 5.32 Å². The normalized spacial score (nSPS) is 12.2. The molecule has 6 heteroatoms. The first-order valence-electron chi connectivity index (χ1n) is 10.3. The van der Waals surface area contributed by atoms with Gasteiger partial charge in [-0.3, -0.25) is 9.10 Å². The molecular formula is C25H28N2O3S. The van der Waals surface area contributed by atoms with Crippen molar-refractivity contribution in [2.75, 3.05) is 11.4 Å². The number of carbonyl (C=O) groups excluding carboxylic acids is 1. The van der Waals surface area contributed by atoms with E-state index in [1.807, 2.05) is 44.2 Å². The molecule has 1 unspecified atom stereocenters. The highest BCUT2D eigenvalue weighted by Crippen LogP contribution is 2.25. The van der Waals surface area contributed by atoms with Crippen molar-refractivity contribution in [2.24, 2.45) is 0 Å². The molecule has 0 aliphatic rings. The number of para-hydroxylation sites is 1. The van der Waals surface area contributed by atoms with Gasteiger partial charge in [-0.25, -0.2) is 8.42 Å². The SMILES string of the molecule is Cc1ccccc1N(C)S(=O)(=O)c1cccc(C(=O)NC(C)CCc2ccccc2)c1. The third-order valence-corrected chi connectivity index (χ3v) is 7.06. The van der Waals surface area contributed by atoms with Gasteiger partial charge < -0.3 is 5.32 Å². The van der Waals surface area contributed by atoms with E-state index in [-0.39, 0.29) is 16.8 Å². The van der Waals surface area contributed by atoms with Crippen LogP contribution in [0.25, 0.3) is 0 Å². The average Bonchev–Trinajstić information content (AvgIpc) is 2.78. The summed E-state index contributed by atoms with van der Waals surface area (Å²) < 4.78 is 27.5. The molecule has 0 aliphatic carbocycles. The molecule has 0 fully saturated rings. The molecule has 3 aromatic carbocycles. The highest BCUT2D eigenvalue weighted by atomic mass is 32.2. The van der Waals surface area contributed by atoms with Crippen molar-refractivity contribution in [1.29, 1.82) is 0 Å². The number of rotatable bonds is 8. The molecule has 31 heavy (non-hydrogen) atoms. The fraction of sp³-hybridized carbons (Fsp3) is 0.240. The molecule has 162 valence electrons. The van der Waals surface area contributed by atoms with Crippen molar-refractivity contribution in [2.45, 2.75) is 37.6 Å². The first kappa shape index (κ1) is 22.6. The molecule has 0 saturated heterocycles. The molecule has 0 aromatic heterocycles. The van der Waals surface area contributed by atoms with Crippen molar-refractivity contribution < 1.29 is 13.2 Å². The first-order chi connectivity index (χ1) is 14.8. The monoisotopic (exact) mass is 436 g/mol. The minimum Gasteiger partial charge on any atom is -0.350 e. The van der Waals surface area contributed by atoms with E-state index >= 15 is 0 Å². The summed E-state index contributed by atoms with van der Waals surface area (Å²) in [5.41, 5.74) is 3.00. The van der Waals surface area contributed by atoms with Gasteiger partial charge in [-0.1, -0.05) is 54.6 Å². The first-order valence-corrected chi connectivity index (χ1v) is 11.7. The Morgan fingerprint density at radius 3 is 2.35 bits per heavy atom. The van der Waals surface area contributed by atoms with Gasteiger partial charge in [-0.15, -0.1) is 0 Å². The zero-order valence-electron chi connectivity index (χ0n) is 18.1. The Hall–Kier alpha value is -3.12. The fourth-order valence-corrected chi connectivity index (χ4v) is 4.72. The molecule has 0 saturated carbocycles. The molecule has 0 spiro atoms. The van der Waals surface area contributed by atoms with Crippen LogP contribution in [0.4, 0.5) is 5.69 Å². The van der Waals surface area contributed by atoms with E-state index in [2.05, 4.69) is 17.4 Å². The predicted octanol–water partition coefficient (Wildman–Crippen LogP) is 4.57. The Bertz CT molecular complexity index is 1140. The zero-order chi connectivity index (χ0) is 22.4. The molecule has 3 aromatic rings. The van der Waals surface area contributed by atoms with Crippen LogP contribution in [0.2, 0.25) is 0 Å². The van der Waals surface area contributed by atoms with E-state index in [1.165, 1.54) is 29.0 Å². The molecule has 1 N–H and O–H groups in total. The Balaban J connectivity index is 1.71. The van der Waals surface area contributed by atoms with Crippen LogP contribution >= 0.6 is 0 Å². The number of benzene rings is 3. The number of aryl methyl sites for hydroxylation is 2. The topological polar surface area (TPSA) is 66.5 Å². The second kappa shape index (κ2) is 9.79. The van der Waals surface area contributed by atoms with Gasteiger partial charge in [-0.05, 0) is 62.1 Å². The van der Waals surface area contributed by atoms with E-state index in [0.29, 0.717) is 11.3 Å². The fourth-order valence-electron chi connectivity index (χ4n) is 3.41. The molecule has 0 heterocycles. The number of hydrogen-bond donors (Lipinski definition) is 1. The summed E-state index contributed by atoms with van der Waals surface area (Å²) in [6.07, 6.45) is 1.65. The van der Waals surface area contributed by atoms with Crippen LogP contribution in [-0.4, -0.2) is 27.4 Å². The Kier molecular flexibility index (Phi) is 7.13. The van der Waals surface area contributed by atoms with Crippen molar-refractivity contribution >= 4 is 21.6 Å². The van der Waals surface area contributed by atoms with Crippen LogP contribution in [0.1, 0.15) is 34.8 Å². The summed E-state index contributed by atoms with van der Waals surface area (Å²) in [6, 6.07) is 23.5. The third-order valence-electron chi connectivity index (χ3n) is 5.30. The van der Waals surface area contributed by atoms with Gasteiger partial charge in [0.2, 0.25) is 0 Å². The summed E-state index contributed by atoms with van der Waals surface area (Å²) in [5, 5.41) is 2.97.